The largest absolute Gasteiger partial charge is 0.377 e. The molecule has 1 aromatic carbocycles. The zero-order valence-electron chi connectivity index (χ0n) is 11.5. The van der Waals surface area contributed by atoms with Crippen LogP contribution in [0, 0.1) is 17.0 Å². The van der Waals surface area contributed by atoms with Crippen molar-refractivity contribution in [3.63, 3.8) is 0 Å². The quantitative estimate of drug-likeness (QED) is 0.678. The van der Waals surface area contributed by atoms with E-state index in [4.69, 9.17) is 4.74 Å². The molecule has 110 valence electrons. The van der Waals surface area contributed by atoms with Gasteiger partial charge in [-0.15, -0.1) is 11.3 Å². The molecule has 21 heavy (non-hydrogen) atoms. The first-order valence-corrected chi connectivity index (χ1v) is 7.52. The lowest BCUT2D eigenvalue weighted by Crippen LogP contribution is -2.33. The molecule has 1 aliphatic rings. The molecule has 0 amide bonds. The summed E-state index contributed by atoms with van der Waals surface area (Å²) in [6.07, 6.45) is 2.90. The fraction of sp³-hybridized carbons (Fsp3) is 0.357. The molecule has 1 aliphatic heterocycles. The number of nitrogens with one attached hydrogen (secondary N) is 1. The van der Waals surface area contributed by atoms with Crippen LogP contribution in [0.3, 0.4) is 0 Å². The molecule has 2 heterocycles. The Kier molecular flexibility index (Phi) is 3.85. The van der Waals surface area contributed by atoms with Gasteiger partial charge in [0.25, 0.3) is 5.69 Å². The number of ether oxygens (including phenoxy) is 1. The van der Waals surface area contributed by atoms with E-state index >= 15 is 0 Å². The molecule has 0 spiro atoms. The van der Waals surface area contributed by atoms with Crippen LogP contribution in [0.15, 0.2) is 24.4 Å². The third-order valence-corrected chi connectivity index (χ3v) is 4.38. The number of aromatic nitrogens is 1. The summed E-state index contributed by atoms with van der Waals surface area (Å²) >= 11 is 1.52. The fourth-order valence-electron chi connectivity index (χ4n) is 2.15. The van der Waals surface area contributed by atoms with E-state index in [0.29, 0.717) is 12.2 Å². The lowest BCUT2D eigenvalue weighted by molar-refractivity contribution is -0.383. The smallest absolute Gasteiger partial charge is 0.292 e. The SMILES string of the molecule is Cc1ncc(-c2ccc(NC[C@@H]3CCO3)c([N+](=O)[O-])c2)s1. The average Bonchev–Trinajstić information content (AvgIpc) is 2.83. The summed E-state index contributed by atoms with van der Waals surface area (Å²) in [5.41, 5.74) is 1.43. The lowest BCUT2D eigenvalue weighted by atomic mass is 10.1. The number of nitrogens with zero attached hydrogens (tertiary/aromatic N) is 2. The van der Waals surface area contributed by atoms with Gasteiger partial charge in [-0.1, -0.05) is 6.07 Å². The highest BCUT2D eigenvalue weighted by Crippen LogP contribution is 2.33. The van der Waals surface area contributed by atoms with Gasteiger partial charge in [-0.3, -0.25) is 10.1 Å². The van der Waals surface area contributed by atoms with Crippen molar-refractivity contribution in [3.8, 4) is 10.4 Å². The number of nitro groups is 1. The second-order valence-electron chi connectivity index (χ2n) is 4.89. The van der Waals surface area contributed by atoms with Crippen molar-refractivity contribution in [1.82, 2.24) is 4.98 Å². The standard InChI is InChI=1S/C14H15N3O3S/c1-9-15-8-14(21-9)10-2-3-12(13(6-10)17(18)19)16-7-11-4-5-20-11/h2-3,6,8,11,16H,4-5,7H2,1H3/t11-/m0/s1. The predicted molar refractivity (Wildman–Crippen MR) is 81.8 cm³/mol. The molecule has 1 fully saturated rings. The van der Waals surface area contributed by atoms with Crippen molar-refractivity contribution in [1.29, 1.82) is 0 Å². The van der Waals surface area contributed by atoms with E-state index in [-0.39, 0.29) is 16.7 Å². The van der Waals surface area contributed by atoms with E-state index in [9.17, 15) is 10.1 Å². The first-order valence-electron chi connectivity index (χ1n) is 6.70. The molecule has 7 heteroatoms. The van der Waals surface area contributed by atoms with Crippen molar-refractivity contribution in [2.75, 3.05) is 18.5 Å². The van der Waals surface area contributed by atoms with Crippen molar-refractivity contribution >= 4 is 22.7 Å². The van der Waals surface area contributed by atoms with Crippen LogP contribution in [0.1, 0.15) is 11.4 Å². The molecule has 1 N–H and O–H groups in total. The van der Waals surface area contributed by atoms with Gasteiger partial charge in [0.15, 0.2) is 0 Å². The highest BCUT2D eigenvalue weighted by molar-refractivity contribution is 7.15. The molecule has 0 saturated carbocycles. The van der Waals surface area contributed by atoms with E-state index < -0.39 is 0 Å². The summed E-state index contributed by atoms with van der Waals surface area (Å²) in [6.45, 7) is 3.29. The Balaban J connectivity index is 1.84. The van der Waals surface area contributed by atoms with E-state index in [0.717, 1.165) is 28.5 Å². The van der Waals surface area contributed by atoms with Crippen LogP contribution < -0.4 is 5.32 Å². The van der Waals surface area contributed by atoms with E-state index in [1.165, 1.54) is 11.3 Å². The van der Waals surface area contributed by atoms with Crippen molar-refractivity contribution in [2.24, 2.45) is 0 Å². The van der Waals surface area contributed by atoms with Gasteiger partial charge in [0, 0.05) is 31.0 Å². The van der Waals surface area contributed by atoms with Crippen LogP contribution in [-0.2, 0) is 4.74 Å². The number of thiazole rings is 1. The Morgan fingerprint density at radius 2 is 2.38 bits per heavy atom. The second-order valence-corrected chi connectivity index (χ2v) is 6.13. The number of rotatable bonds is 5. The maximum absolute atomic E-state index is 11.3. The van der Waals surface area contributed by atoms with E-state index in [1.54, 1.807) is 18.3 Å². The van der Waals surface area contributed by atoms with Crippen LogP contribution in [0.4, 0.5) is 11.4 Å². The predicted octanol–water partition coefficient (Wildman–Crippen LogP) is 3.23. The Bertz CT molecular complexity index is 667. The Morgan fingerprint density at radius 3 is 2.95 bits per heavy atom. The minimum Gasteiger partial charge on any atom is -0.377 e. The maximum Gasteiger partial charge on any atom is 0.292 e. The molecule has 2 aromatic rings. The lowest BCUT2D eigenvalue weighted by Gasteiger charge is -2.26. The highest BCUT2D eigenvalue weighted by atomic mass is 32.1. The number of benzene rings is 1. The zero-order valence-corrected chi connectivity index (χ0v) is 12.4. The normalized spacial score (nSPS) is 17.3. The molecule has 1 saturated heterocycles. The van der Waals surface area contributed by atoms with Gasteiger partial charge in [-0.2, -0.15) is 0 Å². The first kappa shape index (κ1) is 14.0. The van der Waals surface area contributed by atoms with E-state index in [1.807, 2.05) is 13.0 Å². The molecule has 0 radical (unpaired) electrons. The highest BCUT2D eigenvalue weighted by Gasteiger charge is 2.20. The molecule has 3 rings (SSSR count). The van der Waals surface area contributed by atoms with Crippen LogP contribution in [0.25, 0.3) is 10.4 Å². The number of hydrogen-bond acceptors (Lipinski definition) is 6. The minimum absolute atomic E-state index is 0.0814. The molecular formula is C14H15N3O3S. The number of anilines is 1. The van der Waals surface area contributed by atoms with Gasteiger partial charge >= 0.3 is 0 Å². The number of aryl methyl sites for hydroxylation is 1. The zero-order chi connectivity index (χ0) is 14.8. The molecule has 0 bridgehead atoms. The molecule has 1 aromatic heterocycles. The monoisotopic (exact) mass is 305 g/mol. The van der Waals surface area contributed by atoms with Gasteiger partial charge in [0.1, 0.15) is 5.69 Å². The minimum atomic E-state index is -0.360. The van der Waals surface area contributed by atoms with Crippen molar-refractivity contribution in [2.45, 2.75) is 19.4 Å². The van der Waals surface area contributed by atoms with Crippen molar-refractivity contribution in [3.05, 3.63) is 39.5 Å². The van der Waals surface area contributed by atoms with Gasteiger partial charge in [0.05, 0.1) is 20.9 Å². The molecular weight excluding hydrogens is 290 g/mol. The summed E-state index contributed by atoms with van der Waals surface area (Å²) in [6, 6.07) is 5.22. The van der Waals surface area contributed by atoms with Crippen LogP contribution >= 0.6 is 11.3 Å². The summed E-state index contributed by atoms with van der Waals surface area (Å²) in [4.78, 5) is 16.0. The summed E-state index contributed by atoms with van der Waals surface area (Å²) in [5.74, 6) is 0. The Morgan fingerprint density at radius 1 is 1.57 bits per heavy atom. The van der Waals surface area contributed by atoms with E-state index in [2.05, 4.69) is 10.3 Å². The first-order chi connectivity index (χ1) is 10.1. The second kappa shape index (κ2) is 5.79. The van der Waals surface area contributed by atoms with Gasteiger partial charge in [-0.05, 0) is 19.4 Å². The van der Waals surface area contributed by atoms with Gasteiger partial charge in [-0.25, -0.2) is 4.98 Å². The number of nitro benzene ring substituents is 1. The van der Waals surface area contributed by atoms with Gasteiger partial charge < -0.3 is 10.1 Å². The number of hydrogen-bond donors (Lipinski definition) is 1. The fourth-order valence-corrected chi connectivity index (χ4v) is 2.92. The van der Waals surface area contributed by atoms with Crippen LogP contribution in [-0.4, -0.2) is 29.2 Å². The third kappa shape index (κ3) is 3.03. The topological polar surface area (TPSA) is 77.3 Å². The van der Waals surface area contributed by atoms with Crippen molar-refractivity contribution < 1.29 is 9.66 Å². The Labute approximate surface area is 125 Å². The van der Waals surface area contributed by atoms with Gasteiger partial charge in [0.2, 0.25) is 0 Å². The molecule has 1 atom stereocenters. The average molecular weight is 305 g/mol. The van der Waals surface area contributed by atoms with Crippen LogP contribution in [0.5, 0.6) is 0 Å². The summed E-state index contributed by atoms with van der Waals surface area (Å²) < 4.78 is 5.31. The third-order valence-electron chi connectivity index (χ3n) is 3.41. The summed E-state index contributed by atoms with van der Waals surface area (Å²) in [7, 11) is 0. The molecule has 0 unspecified atom stereocenters. The summed E-state index contributed by atoms with van der Waals surface area (Å²) in [5, 5.41) is 15.3. The maximum atomic E-state index is 11.3. The molecule has 6 nitrogen and oxygen atoms in total. The Hall–Kier alpha value is -1.99. The van der Waals surface area contributed by atoms with Crippen LogP contribution in [0.2, 0.25) is 0 Å². The molecule has 0 aliphatic carbocycles.